The molecule has 0 aromatic heterocycles. The van der Waals surface area contributed by atoms with Crippen LogP contribution in [0.5, 0.6) is 0 Å². The largest absolute Gasteiger partial charge is 0.468 e. The zero-order chi connectivity index (χ0) is 15.0. The molecule has 20 heavy (non-hydrogen) atoms. The summed E-state index contributed by atoms with van der Waals surface area (Å²) in [6.07, 6.45) is 0.0561. The van der Waals surface area contributed by atoms with Crippen molar-refractivity contribution in [3.8, 4) is 0 Å². The van der Waals surface area contributed by atoms with Crippen LogP contribution >= 0.6 is 0 Å². The molecule has 0 saturated carbocycles. The highest BCUT2D eigenvalue weighted by molar-refractivity contribution is 5.83. The summed E-state index contributed by atoms with van der Waals surface area (Å²) < 4.78 is 4.43. The van der Waals surface area contributed by atoms with E-state index < -0.39 is 12.0 Å². The number of amides is 2. The normalized spacial score (nSPS) is 11.3. The van der Waals surface area contributed by atoms with Gasteiger partial charge in [-0.15, -0.1) is 0 Å². The van der Waals surface area contributed by atoms with Gasteiger partial charge >= 0.3 is 5.97 Å². The molecule has 0 radical (unpaired) electrons. The molecule has 2 N–H and O–H groups in total. The minimum Gasteiger partial charge on any atom is -0.468 e. The lowest BCUT2D eigenvalue weighted by molar-refractivity contribution is -0.141. The van der Waals surface area contributed by atoms with Crippen molar-refractivity contribution in [2.24, 2.45) is 0 Å². The van der Waals surface area contributed by atoms with Gasteiger partial charge in [-0.1, -0.05) is 30.3 Å². The Balaban J connectivity index is 2.63. The van der Waals surface area contributed by atoms with Gasteiger partial charge in [-0.25, -0.2) is 0 Å². The van der Waals surface area contributed by atoms with Crippen molar-refractivity contribution >= 4 is 17.8 Å². The topological polar surface area (TPSA) is 84.5 Å². The van der Waals surface area contributed by atoms with Gasteiger partial charge in [-0.2, -0.15) is 0 Å². The highest BCUT2D eigenvalue weighted by Gasteiger charge is 2.17. The van der Waals surface area contributed by atoms with Crippen LogP contribution in [-0.4, -0.2) is 31.4 Å². The Morgan fingerprint density at radius 3 is 2.40 bits per heavy atom. The van der Waals surface area contributed by atoms with E-state index in [4.69, 9.17) is 0 Å². The number of methoxy groups -OCH3 is 1. The van der Waals surface area contributed by atoms with Gasteiger partial charge in [0.05, 0.1) is 19.6 Å². The SMILES string of the molecule is COC(=O)CNC(=O)CC(NC(C)=O)c1ccccc1. The molecule has 108 valence electrons. The Morgan fingerprint density at radius 1 is 1.20 bits per heavy atom. The lowest BCUT2D eigenvalue weighted by Crippen LogP contribution is -2.35. The summed E-state index contributed by atoms with van der Waals surface area (Å²) in [5.74, 6) is -1.08. The third-order valence-electron chi connectivity index (χ3n) is 2.63. The minimum absolute atomic E-state index is 0.0561. The van der Waals surface area contributed by atoms with Crippen molar-refractivity contribution in [2.45, 2.75) is 19.4 Å². The molecular formula is C14H18N2O4. The van der Waals surface area contributed by atoms with Crippen molar-refractivity contribution in [3.05, 3.63) is 35.9 Å². The average molecular weight is 278 g/mol. The highest BCUT2D eigenvalue weighted by Crippen LogP contribution is 2.16. The molecule has 6 heteroatoms. The zero-order valence-electron chi connectivity index (χ0n) is 11.5. The molecule has 1 aromatic rings. The number of hydrogen-bond donors (Lipinski definition) is 2. The molecule has 2 amide bonds. The quantitative estimate of drug-likeness (QED) is 0.744. The van der Waals surface area contributed by atoms with Gasteiger partial charge in [-0.3, -0.25) is 14.4 Å². The maximum Gasteiger partial charge on any atom is 0.325 e. The second-order valence-corrected chi connectivity index (χ2v) is 4.22. The molecule has 0 aliphatic rings. The fourth-order valence-electron chi connectivity index (χ4n) is 1.68. The van der Waals surface area contributed by atoms with E-state index in [0.717, 1.165) is 5.56 Å². The predicted molar refractivity (Wildman–Crippen MR) is 72.6 cm³/mol. The van der Waals surface area contributed by atoms with E-state index in [-0.39, 0.29) is 24.8 Å². The van der Waals surface area contributed by atoms with Gasteiger partial charge in [0.25, 0.3) is 0 Å². The van der Waals surface area contributed by atoms with E-state index in [9.17, 15) is 14.4 Å². The molecule has 1 unspecified atom stereocenters. The number of rotatable bonds is 6. The summed E-state index contributed by atoms with van der Waals surface area (Å²) >= 11 is 0. The Bertz CT molecular complexity index is 473. The maximum atomic E-state index is 11.8. The minimum atomic E-state index is -0.519. The number of carbonyl (C=O) groups is 3. The van der Waals surface area contributed by atoms with Gasteiger partial charge < -0.3 is 15.4 Å². The summed E-state index contributed by atoms with van der Waals surface area (Å²) in [7, 11) is 1.25. The smallest absolute Gasteiger partial charge is 0.325 e. The summed E-state index contributed by atoms with van der Waals surface area (Å²) in [6, 6.07) is 8.74. The summed E-state index contributed by atoms with van der Waals surface area (Å²) in [6.45, 7) is 1.21. The molecule has 0 aliphatic heterocycles. The van der Waals surface area contributed by atoms with E-state index in [1.807, 2.05) is 30.3 Å². The van der Waals surface area contributed by atoms with Crippen molar-refractivity contribution in [3.63, 3.8) is 0 Å². The number of ether oxygens (including phenoxy) is 1. The Kier molecular flexibility index (Phi) is 6.22. The maximum absolute atomic E-state index is 11.8. The molecule has 0 spiro atoms. The van der Waals surface area contributed by atoms with Crippen LogP contribution in [0.3, 0.4) is 0 Å². The summed E-state index contributed by atoms with van der Waals surface area (Å²) in [5, 5.41) is 5.15. The van der Waals surface area contributed by atoms with Crippen LogP contribution in [0.4, 0.5) is 0 Å². The van der Waals surface area contributed by atoms with Crippen LogP contribution in [0.1, 0.15) is 24.9 Å². The predicted octanol–water partition coefficient (Wildman–Crippen LogP) is 0.543. The molecule has 1 rings (SSSR count). The van der Waals surface area contributed by atoms with Gasteiger partial charge in [-0.05, 0) is 5.56 Å². The second kappa shape index (κ2) is 7.93. The first-order valence-corrected chi connectivity index (χ1v) is 6.18. The molecule has 0 bridgehead atoms. The van der Waals surface area contributed by atoms with Gasteiger partial charge in [0.15, 0.2) is 0 Å². The van der Waals surface area contributed by atoms with Crippen LogP contribution in [0.2, 0.25) is 0 Å². The van der Waals surface area contributed by atoms with Crippen LogP contribution in [0.25, 0.3) is 0 Å². The molecule has 0 heterocycles. The standard InChI is InChI=1S/C14H18N2O4/c1-10(17)16-12(11-6-4-3-5-7-11)8-13(18)15-9-14(19)20-2/h3-7,12H,8-9H2,1-2H3,(H,15,18)(H,16,17). The fourth-order valence-corrected chi connectivity index (χ4v) is 1.68. The lowest BCUT2D eigenvalue weighted by atomic mass is 10.0. The molecule has 1 aromatic carbocycles. The number of carbonyl (C=O) groups excluding carboxylic acids is 3. The Labute approximate surface area is 117 Å². The number of hydrogen-bond acceptors (Lipinski definition) is 4. The third-order valence-corrected chi connectivity index (χ3v) is 2.63. The highest BCUT2D eigenvalue weighted by atomic mass is 16.5. The van der Waals surface area contributed by atoms with Crippen molar-refractivity contribution in [1.82, 2.24) is 10.6 Å². The van der Waals surface area contributed by atoms with E-state index in [1.165, 1.54) is 14.0 Å². The van der Waals surface area contributed by atoms with Gasteiger partial charge in [0, 0.05) is 6.92 Å². The molecule has 0 aliphatic carbocycles. The first-order valence-electron chi connectivity index (χ1n) is 6.18. The van der Waals surface area contributed by atoms with Crippen molar-refractivity contribution in [2.75, 3.05) is 13.7 Å². The van der Waals surface area contributed by atoms with E-state index in [0.29, 0.717) is 0 Å². The molecule has 0 fully saturated rings. The van der Waals surface area contributed by atoms with Crippen LogP contribution in [0.15, 0.2) is 30.3 Å². The van der Waals surface area contributed by atoms with Crippen LogP contribution in [0, 0.1) is 0 Å². The number of nitrogens with one attached hydrogen (secondary N) is 2. The van der Waals surface area contributed by atoms with Gasteiger partial charge in [0.1, 0.15) is 6.54 Å². The summed E-state index contributed by atoms with van der Waals surface area (Å²) in [4.78, 5) is 33.9. The monoisotopic (exact) mass is 278 g/mol. The van der Waals surface area contributed by atoms with E-state index in [2.05, 4.69) is 15.4 Å². The molecule has 0 saturated heterocycles. The van der Waals surface area contributed by atoms with Crippen molar-refractivity contribution < 1.29 is 19.1 Å². The third kappa shape index (κ3) is 5.51. The molecular weight excluding hydrogens is 260 g/mol. The number of esters is 1. The molecule has 6 nitrogen and oxygen atoms in total. The fraction of sp³-hybridized carbons (Fsp3) is 0.357. The zero-order valence-corrected chi connectivity index (χ0v) is 11.5. The summed E-state index contributed by atoms with van der Waals surface area (Å²) in [5.41, 5.74) is 0.830. The van der Waals surface area contributed by atoms with E-state index >= 15 is 0 Å². The van der Waals surface area contributed by atoms with Gasteiger partial charge in [0.2, 0.25) is 11.8 Å². The number of benzene rings is 1. The van der Waals surface area contributed by atoms with Crippen molar-refractivity contribution in [1.29, 1.82) is 0 Å². The average Bonchev–Trinajstić information content (AvgIpc) is 2.44. The Morgan fingerprint density at radius 2 is 1.85 bits per heavy atom. The lowest BCUT2D eigenvalue weighted by Gasteiger charge is -2.17. The Hall–Kier alpha value is -2.37. The van der Waals surface area contributed by atoms with E-state index in [1.54, 1.807) is 0 Å². The second-order valence-electron chi connectivity index (χ2n) is 4.22. The van der Waals surface area contributed by atoms with Crippen LogP contribution in [-0.2, 0) is 19.1 Å². The first-order chi connectivity index (χ1) is 9.52. The molecule has 1 atom stereocenters. The van der Waals surface area contributed by atoms with Crippen LogP contribution < -0.4 is 10.6 Å². The first kappa shape index (κ1) is 15.7.